The van der Waals surface area contributed by atoms with Crippen molar-refractivity contribution in [2.45, 2.75) is 19.3 Å². The summed E-state index contributed by atoms with van der Waals surface area (Å²) >= 11 is 0. The van der Waals surface area contributed by atoms with Gasteiger partial charge >= 0.3 is 0 Å². The van der Waals surface area contributed by atoms with Gasteiger partial charge in [-0.3, -0.25) is 4.79 Å². The Labute approximate surface area is 191 Å². The number of amides is 1. The van der Waals surface area contributed by atoms with Crippen molar-refractivity contribution in [2.24, 2.45) is 17.6 Å². The number of carbonyl (C=O) groups excluding carboxylic acids is 1. The van der Waals surface area contributed by atoms with E-state index in [1.807, 2.05) is 36.5 Å². The summed E-state index contributed by atoms with van der Waals surface area (Å²) in [5, 5.41) is 7.77. The zero-order chi connectivity index (χ0) is 22.4. The van der Waals surface area contributed by atoms with Crippen LogP contribution >= 0.6 is 0 Å². The third kappa shape index (κ3) is 3.67. The van der Waals surface area contributed by atoms with Gasteiger partial charge in [-0.2, -0.15) is 5.10 Å². The van der Waals surface area contributed by atoms with Crippen LogP contribution in [0, 0.1) is 11.8 Å². The molecule has 1 aromatic carbocycles. The SMILES string of the molecule is NC(=O)c1cccc(-c2cc(Nc3cccc(N4C[C@H]5CCC[C@H]5C4)n3)c3ncnn3c2)c1. The standard InChI is InChI=1S/C25H25N7O/c26-24(33)17-5-1-4-16(10-17)20-11-21(25-27-15-28-32(25)14-20)29-22-8-3-9-23(30-22)31-12-18-6-2-7-19(18)13-31/h1,3-5,8-11,14-15,18-19H,2,6-7,12-13H2,(H2,26,33)(H,29,30)/t18-,19+. The van der Waals surface area contributed by atoms with Gasteiger partial charge in [0, 0.05) is 30.4 Å². The van der Waals surface area contributed by atoms with Gasteiger partial charge in [-0.25, -0.2) is 14.5 Å². The Morgan fingerprint density at radius 1 is 1.03 bits per heavy atom. The number of benzene rings is 1. The van der Waals surface area contributed by atoms with E-state index in [4.69, 9.17) is 10.7 Å². The summed E-state index contributed by atoms with van der Waals surface area (Å²) in [5.74, 6) is 2.94. The van der Waals surface area contributed by atoms with Gasteiger partial charge in [0.1, 0.15) is 18.0 Å². The molecule has 2 aliphatic rings. The Bertz CT molecular complexity index is 1340. The van der Waals surface area contributed by atoms with E-state index in [-0.39, 0.29) is 0 Å². The number of hydrogen-bond donors (Lipinski definition) is 2. The van der Waals surface area contributed by atoms with E-state index in [2.05, 4.69) is 26.4 Å². The molecule has 1 aliphatic carbocycles. The van der Waals surface area contributed by atoms with Crippen LogP contribution in [0.15, 0.2) is 61.1 Å². The van der Waals surface area contributed by atoms with Crippen molar-refractivity contribution in [3.8, 4) is 11.1 Å². The van der Waals surface area contributed by atoms with E-state index in [1.165, 1.54) is 25.6 Å². The quantitative estimate of drug-likeness (QED) is 0.490. The van der Waals surface area contributed by atoms with Gasteiger partial charge in [-0.05, 0) is 60.6 Å². The number of pyridine rings is 2. The number of hydrogen-bond acceptors (Lipinski definition) is 6. The Morgan fingerprint density at radius 3 is 2.67 bits per heavy atom. The lowest BCUT2D eigenvalue weighted by Gasteiger charge is -2.19. The van der Waals surface area contributed by atoms with Gasteiger partial charge in [0.05, 0.1) is 5.69 Å². The molecular weight excluding hydrogens is 414 g/mol. The molecule has 4 heterocycles. The number of nitrogens with one attached hydrogen (secondary N) is 1. The smallest absolute Gasteiger partial charge is 0.248 e. The lowest BCUT2D eigenvalue weighted by Crippen LogP contribution is -2.21. The average Bonchev–Trinajstić information content (AvgIpc) is 3.56. The minimum absolute atomic E-state index is 0.455. The van der Waals surface area contributed by atoms with Gasteiger partial charge < -0.3 is 16.0 Å². The summed E-state index contributed by atoms with van der Waals surface area (Å²) in [4.78, 5) is 23.4. The molecule has 0 spiro atoms. The van der Waals surface area contributed by atoms with Crippen LogP contribution in [-0.4, -0.2) is 38.6 Å². The van der Waals surface area contributed by atoms with E-state index >= 15 is 0 Å². The fourth-order valence-electron chi connectivity index (χ4n) is 5.26. The molecule has 166 valence electrons. The molecule has 3 aromatic heterocycles. The molecule has 6 rings (SSSR count). The Balaban J connectivity index is 1.33. The summed E-state index contributed by atoms with van der Waals surface area (Å²) in [6.07, 6.45) is 7.46. The number of fused-ring (bicyclic) bond motifs is 2. The van der Waals surface area contributed by atoms with Crippen LogP contribution in [0.3, 0.4) is 0 Å². The molecule has 3 N–H and O–H groups in total. The molecule has 0 unspecified atom stereocenters. The van der Waals surface area contributed by atoms with E-state index in [0.29, 0.717) is 11.2 Å². The zero-order valence-corrected chi connectivity index (χ0v) is 18.2. The number of anilines is 3. The molecule has 0 bridgehead atoms. The summed E-state index contributed by atoms with van der Waals surface area (Å²) < 4.78 is 1.72. The molecular formula is C25H25N7O. The molecule has 4 aromatic rings. The highest BCUT2D eigenvalue weighted by Gasteiger charge is 2.36. The highest BCUT2D eigenvalue weighted by molar-refractivity contribution is 5.94. The zero-order valence-electron chi connectivity index (χ0n) is 18.2. The first-order valence-electron chi connectivity index (χ1n) is 11.4. The number of nitrogens with two attached hydrogens (primary N) is 1. The number of primary amides is 1. The van der Waals surface area contributed by atoms with Crippen molar-refractivity contribution in [2.75, 3.05) is 23.3 Å². The van der Waals surface area contributed by atoms with Crippen LogP contribution in [0.25, 0.3) is 16.8 Å². The first kappa shape index (κ1) is 19.7. The molecule has 1 aliphatic heterocycles. The Hall–Kier alpha value is -3.94. The van der Waals surface area contributed by atoms with Gasteiger partial charge in [-0.15, -0.1) is 0 Å². The van der Waals surface area contributed by atoms with Gasteiger partial charge in [-0.1, -0.05) is 24.6 Å². The number of rotatable bonds is 5. The van der Waals surface area contributed by atoms with Gasteiger partial charge in [0.25, 0.3) is 0 Å². The number of nitrogens with zero attached hydrogens (tertiary/aromatic N) is 5. The van der Waals surface area contributed by atoms with E-state index < -0.39 is 5.91 Å². The van der Waals surface area contributed by atoms with Crippen LogP contribution in [0.1, 0.15) is 29.6 Å². The average molecular weight is 440 g/mol. The maximum atomic E-state index is 11.6. The predicted molar refractivity (Wildman–Crippen MR) is 128 cm³/mol. The van der Waals surface area contributed by atoms with Crippen LogP contribution in [0.4, 0.5) is 17.3 Å². The van der Waals surface area contributed by atoms with Gasteiger partial charge in [0.15, 0.2) is 5.65 Å². The molecule has 2 fully saturated rings. The number of carbonyl (C=O) groups is 1. The monoisotopic (exact) mass is 439 g/mol. The topological polar surface area (TPSA) is 101 Å². The van der Waals surface area contributed by atoms with Crippen LogP contribution < -0.4 is 16.0 Å². The number of aromatic nitrogens is 4. The normalized spacial score (nSPS) is 19.7. The van der Waals surface area contributed by atoms with Crippen molar-refractivity contribution in [3.05, 3.63) is 66.6 Å². The van der Waals surface area contributed by atoms with E-state index in [0.717, 1.165) is 53.4 Å². The largest absolute Gasteiger partial charge is 0.366 e. The van der Waals surface area contributed by atoms with Gasteiger partial charge in [0.2, 0.25) is 5.91 Å². The fraction of sp³-hybridized carbons (Fsp3) is 0.280. The van der Waals surface area contributed by atoms with E-state index in [1.54, 1.807) is 16.6 Å². The summed E-state index contributed by atoms with van der Waals surface area (Å²) in [6, 6.07) is 15.4. The second-order valence-corrected chi connectivity index (χ2v) is 8.98. The minimum atomic E-state index is -0.455. The highest BCUT2D eigenvalue weighted by atomic mass is 16.1. The summed E-state index contributed by atoms with van der Waals surface area (Å²) in [5.41, 5.74) is 9.19. The Morgan fingerprint density at radius 2 is 1.85 bits per heavy atom. The Kier molecular flexibility index (Phi) is 4.71. The van der Waals surface area contributed by atoms with Crippen molar-refractivity contribution in [3.63, 3.8) is 0 Å². The maximum Gasteiger partial charge on any atom is 0.248 e. The molecule has 8 heteroatoms. The second-order valence-electron chi connectivity index (χ2n) is 8.98. The van der Waals surface area contributed by atoms with E-state index in [9.17, 15) is 4.79 Å². The lowest BCUT2D eigenvalue weighted by atomic mass is 10.0. The molecule has 1 saturated heterocycles. The highest BCUT2D eigenvalue weighted by Crippen LogP contribution is 2.39. The lowest BCUT2D eigenvalue weighted by molar-refractivity contribution is 0.100. The third-order valence-corrected chi connectivity index (χ3v) is 6.90. The van der Waals surface area contributed by atoms with Crippen molar-refractivity contribution in [1.82, 2.24) is 19.6 Å². The van der Waals surface area contributed by atoms with Crippen molar-refractivity contribution >= 4 is 28.9 Å². The van der Waals surface area contributed by atoms with Crippen LogP contribution in [0.2, 0.25) is 0 Å². The van der Waals surface area contributed by atoms with Crippen molar-refractivity contribution in [1.29, 1.82) is 0 Å². The molecule has 1 amide bonds. The predicted octanol–water partition coefficient (Wildman–Crippen LogP) is 3.87. The molecule has 8 nitrogen and oxygen atoms in total. The first-order chi connectivity index (χ1) is 16.1. The van der Waals surface area contributed by atoms with Crippen LogP contribution in [0.5, 0.6) is 0 Å². The fourth-order valence-corrected chi connectivity index (χ4v) is 5.26. The third-order valence-electron chi connectivity index (χ3n) is 6.90. The molecule has 33 heavy (non-hydrogen) atoms. The van der Waals surface area contributed by atoms with Crippen molar-refractivity contribution < 1.29 is 4.79 Å². The molecule has 1 saturated carbocycles. The summed E-state index contributed by atoms with van der Waals surface area (Å²) in [6.45, 7) is 2.20. The van der Waals surface area contributed by atoms with Crippen LogP contribution in [-0.2, 0) is 0 Å². The molecule has 0 radical (unpaired) electrons. The maximum absolute atomic E-state index is 11.6. The minimum Gasteiger partial charge on any atom is -0.366 e. The first-order valence-corrected chi connectivity index (χ1v) is 11.4. The second kappa shape index (κ2) is 7.88. The summed E-state index contributed by atoms with van der Waals surface area (Å²) in [7, 11) is 0. The molecule has 2 atom stereocenters.